The number of rotatable bonds is 1. The van der Waals surface area contributed by atoms with E-state index in [4.69, 9.17) is 0 Å². The first-order valence-electron chi connectivity index (χ1n) is 3.57. The lowest BCUT2D eigenvalue weighted by Crippen LogP contribution is -2.04. The van der Waals surface area contributed by atoms with Crippen molar-refractivity contribution in [1.29, 1.82) is 0 Å². The molecule has 0 bridgehead atoms. The maximum absolute atomic E-state index is 11.0. The molecule has 0 radical (unpaired) electrons. The summed E-state index contributed by atoms with van der Waals surface area (Å²) in [6.07, 6.45) is 1.56. The number of ether oxygens (including phenoxy) is 1. The van der Waals surface area contributed by atoms with Crippen molar-refractivity contribution in [1.82, 2.24) is 19.8 Å². The lowest BCUT2D eigenvalue weighted by molar-refractivity contribution is 0.0587. The number of nitrogens with zero attached hydrogens (tertiary/aromatic N) is 4. The number of carbonyl (C=O) groups excluding carboxylic acids is 1. The molecule has 0 aromatic carbocycles. The molecule has 0 N–H and O–H groups in total. The maximum Gasteiger partial charge on any atom is 0.378 e. The second-order valence-corrected chi connectivity index (χ2v) is 2.30. The zero-order valence-corrected chi connectivity index (χ0v) is 6.84. The van der Waals surface area contributed by atoms with Crippen molar-refractivity contribution in [2.75, 3.05) is 7.11 Å². The summed E-state index contributed by atoms with van der Waals surface area (Å²) in [6, 6.07) is 3.41. The van der Waals surface area contributed by atoms with Gasteiger partial charge in [-0.1, -0.05) is 0 Å². The molecule has 0 amide bonds. The molecule has 2 heterocycles. The summed E-state index contributed by atoms with van der Waals surface area (Å²) in [5, 5.41) is 7.66. The van der Waals surface area contributed by atoms with Crippen LogP contribution in [0.4, 0.5) is 0 Å². The molecule has 2 aromatic heterocycles. The van der Waals surface area contributed by atoms with E-state index in [2.05, 4.69) is 19.9 Å². The molecule has 0 saturated heterocycles. The normalized spacial score (nSPS) is 10.2. The molecule has 0 aliphatic heterocycles. The summed E-state index contributed by atoms with van der Waals surface area (Å²) in [5.41, 5.74) is 0.517. The van der Waals surface area contributed by atoms with Crippen molar-refractivity contribution >= 4 is 11.6 Å². The molecule has 0 fully saturated rings. The topological polar surface area (TPSA) is 69.4 Å². The van der Waals surface area contributed by atoms with Gasteiger partial charge in [-0.2, -0.15) is 10.1 Å². The zero-order valence-electron chi connectivity index (χ0n) is 6.84. The molecule has 6 heteroatoms. The van der Waals surface area contributed by atoms with Crippen LogP contribution in [0.3, 0.4) is 0 Å². The van der Waals surface area contributed by atoms with Gasteiger partial charge in [0, 0.05) is 6.20 Å². The Morgan fingerprint density at radius 3 is 3.15 bits per heavy atom. The number of esters is 1. The van der Waals surface area contributed by atoms with E-state index in [0.717, 1.165) is 0 Å². The van der Waals surface area contributed by atoms with Crippen LogP contribution in [0.15, 0.2) is 18.3 Å². The first kappa shape index (κ1) is 7.66. The summed E-state index contributed by atoms with van der Waals surface area (Å²) in [7, 11) is 1.28. The Balaban J connectivity index is 2.56. The highest BCUT2D eigenvalue weighted by molar-refractivity contribution is 5.85. The molecule has 0 saturated carbocycles. The Bertz CT molecular complexity index is 417. The van der Waals surface area contributed by atoms with Crippen LogP contribution >= 0.6 is 0 Å². The summed E-state index contributed by atoms with van der Waals surface area (Å²) < 4.78 is 5.73. The summed E-state index contributed by atoms with van der Waals surface area (Å²) in [5.74, 6) is -0.549. The van der Waals surface area contributed by atoms with Crippen molar-refractivity contribution in [2.45, 2.75) is 0 Å². The van der Waals surface area contributed by atoms with Gasteiger partial charge in [-0.15, -0.1) is 9.73 Å². The minimum absolute atomic E-state index is 0.0150. The molecular formula is C7H6N4O2. The van der Waals surface area contributed by atoms with Gasteiger partial charge in [0.25, 0.3) is 5.82 Å². The quantitative estimate of drug-likeness (QED) is 0.571. The van der Waals surface area contributed by atoms with E-state index in [-0.39, 0.29) is 5.82 Å². The Kier molecular flexibility index (Phi) is 1.66. The Hall–Kier alpha value is -1.98. The maximum atomic E-state index is 11.0. The van der Waals surface area contributed by atoms with Crippen LogP contribution in [-0.4, -0.2) is 32.9 Å². The van der Waals surface area contributed by atoms with E-state index in [0.29, 0.717) is 5.65 Å². The van der Waals surface area contributed by atoms with Gasteiger partial charge in [0.2, 0.25) is 0 Å². The summed E-state index contributed by atoms with van der Waals surface area (Å²) >= 11 is 0. The van der Waals surface area contributed by atoms with Crippen molar-refractivity contribution < 1.29 is 9.53 Å². The van der Waals surface area contributed by atoms with Crippen LogP contribution in [0.25, 0.3) is 5.65 Å². The Labute approximate surface area is 73.2 Å². The average molecular weight is 178 g/mol. The molecule has 66 valence electrons. The average Bonchev–Trinajstić information content (AvgIpc) is 2.59. The molecule has 0 atom stereocenters. The fourth-order valence-electron chi connectivity index (χ4n) is 0.914. The third kappa shape index (κ3) is 1.22. The van der Waals surface area contributed by atoms with Crippen molar-refractivity contribution in [3.8, 4) is 0 Å². The van der Waals surface area contributed by atoms with E-state index in [1.807, 2.05) is 0 Å². The van der Waals surface area contributed by atoms with E-state index >= 15 is 0 Å². The molecule has 6 nitrogen and oxygen atoms in total. The van der Waals surface area contributed by atoms with Crippen LogP contribution in [0.2, 0.25) is 0 Å². The highest BCUT2D eigenvalue weighted by Gasteiger charge is 2.12. The number of carbonyl (C=O) groups is 1. The third-order valence-corrected chi connectivity index (χ3v) is 1.49. The van der Waals surface area contributed by atoms with Gasteiger partial charge in [0.1, 0.15) is 0 Å². The standard InChI is InChI=1S/C7H6N4O2/c1-13-7(12)6-9-5-3-2-4-8-11(5)10-6/h2-4H,1H3. The smallest absolute Gasteiger partial charge is 0.378 e. The molecular weight excluding hydrogens is 172 g/mol. The van der Waals surface area contributed by atoms with Gasteiger partial charge >= 0.3 is 5.97 Å². The van der Waals surface area contributed by atoms with Gasteiger partial charge in [-0.05, 0) is 12.1 Å². The molecule has 0 aliphatic rings. The van der Waals surface area contributed by atoms with Gasteiger partial charge in [0.05, 0.1) is 7.11 Å². The first-order valence-corrected chi connectivity index (χ1v) is 3.57. The zero-order chi connectivity index (χ0) is 9.26. The van der Waals surface area contributed by atoms with Crippen molar-refractivity contribution in [3.05, 3.63) is 24.2 Å². The van der Waals surface area contributed by atoms with Crippen molar-refractivity contribution in [2.24, 2.45) is 0 Å². The minimum atomic E-state index is -0.564. The number of hydrogen-bond donors (Lipinski definition) is 0. The third-order valence-electron chi connectivity index (χ3n) is 1.49. The number of hydrogen-bond acceptors (Lipinski definition) is 5. The molecule has 13 heavy (non-hydrogen) atoms. The summed E-state index contributed by atoms with van der Waals surface area (Å²) in [4.78, 5) is 14.9. The molecule has 2 rings (SSSR count). The van der Waals surface area contributed by atoms with Gasteiger partial charge in [-0.3, -0.25) is 0 Å². The SMILES string of the molecule is COC(=O)c1nc2cccnn2n1. The minimum Gasteiger partial charge on any atom is -0.463 e. The van der Waals surface area contributed by atoms with Crippen molar-refractivity contribution in [3.63, 3.8) is 0 Å². The fraction of sp³-hybridized carbons (Fsp3) is 0.143. The Morgan fingerprint density at radius 2 is 2.46 bits per heavy atom. The summed E-state index contributed by atoms with van der Waals surface area (Å²) in [6.45, 7) is 0. The van der Waals surface area contributed by atoms with Crippen LogP contribution in [0, 0.1) is 0 Å². The van der Waals surface area contributed by atoms with E-state index in [9.17, 15) is 4.79 Å². The van der Waals surface area contributed by atoms with E-state index in [1.54, 1.807) is 18.3 Å². The van der Waals surface area contributed by atoms with Gasteiger partial charge in [0.15, 0.2) is 5.65 Å². The van der Waals surface area contributed by atoms with Crippen LogP contribution in [0.1, 0.15) is 10.6 Å². The highest BCUT2D eigenvalue weighted by atomic mass is 16.5. The molecule has 2 aromatic rings. The van der Waals surface area contributed by atoms with Crippen LogP contribution in [-0.2, 0) is 4.74 Å². The van der Waals surface area contributed by atoms with Gasteiger partial charge < -0.3 is 4.74 Å². The van der Waals surface area contributed by atoms with E-state index in [1.165, 1.54) is 11.7 Å². The van der Waals surface area contributed by atoms with Gasteiger partial charge in [-0.25, -0.2) is 4.79 Å². The molecule has 0 aliphatic carbocycles. The monoisotopic (exact) mass is 178 g/mol. The number of methoxy groups -OCH3 is 1. The first-order chi connectivity index (χ1) is 6.31. The largest absolute Gasteiger partial charge is 0.463 e. The predicted octanol–water partition coefficient (Wildman–Crippen LogP) is -0.0891. The van der Waals surface area contributed by atoms with E-state index < -0.39 is 5.97 Å². The lowest BCUT2D eigenvalue weighted by Gasteiger charge is -1.88. The second kappa shape index (κ2) is 2.81. The second-order valence-electron chi connectivity index (χ2n) is 2.30. The molecule has 0 spiro atoms. The predicted molar refractivity (Wildman–Crippen MR) is 42.1 cm³/mol. The lowest BCUT2D eigenvalue weighted by atomic mass is 10.6. The number of fused-ring (bicyclic) bond motifs is 1. The fourth-order valence-corrected chi connectivity index (χ4v) is 0.914. The molecule has 0 unspecified atom stereocenters. The van der Waals surface area contributed by atoms with Crippen LogP contribution < -0.4 is 0 Å². The van der Waals surface area contributed by atoms with Crippen LogP contribution in [0.5, 0.6) is 0 Å². The highest BCUT2D eigenvalue weighted by Crippen LogP contribution is 1.98. The Morgan fingerprint density at radius 1 is 1.62 bits per heavy atom. The number of aromatic nitrogens is 4.